The van der Waals surface area contributed by atoms with E-state index in [0.29, 0.717) is 12.2 Å². The summed E-state index contributed by atoms with van der Waals surface area (Å²) in [6.07, 6.45) is 2.81. The molecule has 1 aromatic carbocycles. The number of hydrogen-bond donors (Lipinski definition) is 2. The quantitative estimate of drug-likeness (QED) is 0.597. The molecule has 1 rings (SSSR count). The maximum absolute atomic E-state index is 11.8. The first-order chi connectivity index (χ1) is 7.56. The molecule has 0 saturated heterocycles. The Morgan fingerprint density at radius 1 is 1.44 bits per heavy atom. The molecule has 0 spiro atoms. The molecule has 1 aromatic rings. The molecule has 0 aliphatic carbocycles. The third-order valence-electron chi connectivity index (χ3n) is 1.99. The summed E-state index contributed by atoms with van der Waals surface area (Å²) in [7, 11) is -3.40. The van der Waals surface area contributed by atoms with Crippen LogP contribution in [-0.4, -0.2) is 27.0 Å². The second-order valence-electron chi connectivity index (χ2n) is 3.32. The molecule has 0 atom stereocenters. The van der Waals surface area contributed by atoms with Crippen LogP contribution in [0.25, 0.3) is 0 Å². The summed E-state index contributed by atoms with van der Waals surface area (Å²) < 4.78 is 26.1. The zero-order chi connectivity index (χ0) is 12.0. The van der Waals surface area contributed by atoms with Gasteiger partial charge in [0.25, 0.3) is 0 Å². The fraction of sp³-hybridized carbons (Fsp3) is 0.400. The topological polar surface area (TPSA) is 72.2 Å². The first-order valence-corrected chi connectivity index (χ1v) is 7.78. The third kappa shape index (κ3) is 4.03. The fourth-order valence-corrected chi connectivity index (χ4v) is 2.75. The van der Waals surface area contributed by atoms with Gasteiger partial charge in [-0.3, -0.25) is 0 Å². The Hall–Kier alpha value is -0.720. The van der Waals surface area contributed by atoms with Crippen LogP contribution in [-0.2, 0) is 10.0 Å². The van der Waals surface area contributed by atoms with Crippen LogP contribution in [0.15, 0.2) is 29.2 Å². The number of benzene rings is 1. The van der Waals surface area contributed by atoms with Gasteiger partial charge in [0.2, 0.25) is 10.0 Å². The molecule has 0 saturated carbocycles. The molecule has 0 unspecified atom stereocenters. The van der Waals surface area contributed by atoms with Crippen LogP contribution in [0.5, 0.6) is 0 Å². The normalized spacial score (nSPS) is 11.6. The highest BCUT2D eigenvalue weighted by Gasteiger charge is 2.12. The highest BCUT2D eigenvalue weighted by Crippen LogP contribution is 2.12. The molecule has 16 heavy (non-hydrogen) atoms. The molecule has 0 radical (unpaired) electrons. The van der Waals surface area contributed by atoms with Gasteiger partial charge in [-0.15, -0.1) is 0 Å². The van der Waals surface area contributed by atoms with Gasteiger partial charge in [0.1, 0.15) is 0 Å². The van der Waals surface area contributed by atoms with Crippen molar-refractivity contribution in [2.45, 2.75) is 11.3 Å². The third-order valence-corrected chi connectivity index (χ3v) is 4.14. The lowest BCUT2D eigenvalue weighted by molar-refractivity contribution is 0.581. The van der Waals surface area contributed by atoms with Crippen LogP contribution < -0.4 is 10.5 Å². The van der Waals surface area contributed by atoms with Gasteiger partial charge in [-0.05, 0) is 36.6 Å². The standard InChI is InChI=1S/C10H16N2O2S2/c1-15-7-3-6-12-16(13,14)10-5-2-4-9(11)8-10/h2,4-5,8,12H,3,6-7,11H2,1H3. The van der Waals surface area contributed by atoms with Crippen molar-refractivity contribution in [2.75, 3.05) is 24.3 Å². The maximum atomic E-state index is 11.8. The largest absolute Gasteiger partial charge is 0.399 e. The van der Waals surface area contributed by atoms with Crippen LogP contribution in [0, 0.1) is 0 Å². The van der Waals surface area contributed by atoms with E-state index in [4.69, 9.17) is 5.73 Å². The molecule has 90 valence electrons. The van der Waals surface area contributed by atoms with Crippen molar-refractivity contribution in [3.8, 4) is 0 Å². The van der Waals surface area contributed by atoms with Crippen LogP contribution in [0.3, 0.4) is 0 Å². The Bertz CT molecular complexity index is 432. The smallest absolute Gasteiger partial charge is 0.240 e. The first kappa shape index (κ1) is 13.3. The average Bonchev–Trinajstić information content (AvgIpc) is 2.24. The summed E-state index contributed by atoms with van der Waals surface area (Å²) >= 11 is 1.70. The van der Waals surface area contributed by atoms with Crippen molar-refractivity contribution in [1.82, 2.24) is 4.72 Å². The number of nitrogen functional groups attached to an aromatic ring is 1. The van der Waals surface area contributed by atoms with Gasteiger partial charge >= 0.3 is 0 Å². The van der Waals surface area contributed by atoms with Crippen LogP contribution in [0.2, 0.25) is 0 Å². The Morgan fingerprint density at radius 3 is 2.81 bits per heavy atom. The van der Waals surface area contributed by atoms with Gasteiger partial charge in [0.05, 0.1) is 4.90 Å². The van der Waals surface area contributed by atoms with Crippen molar-refractivity contribution in [1.29, 1.82) is 0 Å². The van der Waals surface area contributed by atoms with E-state index >= 15 is 0 Å². The fourth-order valence-electron chi connectivity index (χ4n) is 1.19. The van der Waals surface area contributed by atoms with E-state index in [0.717, 1.165) is 12.2 Å². The summed E-state index contributed by atoms with van der Waals surface area (Å²) in [5.74, 6) is 0.944. The van der Waals surface area contributed by atoms with E-state index < -0.39 is 10.0 Å². The molecule has 0 aliphatic heterocycles. The minimum Gasteiger partial charge on any atom is -0.399 e. The van der Waals surface area contributed by atoms with Crippen molar-refractivity contribution < 1.29 is 8.42 Å². The molecule has 0 bridgehead atoms. The number of anilines is 1. The molecule has 0 aliphatic rings. The summed E-state index contributed by atoms with van der Waals surface area (Å²) in [5.41, 5.74) is 5.99. The van der Waals surface area contributed by atoms with Crippen LogP contribution >= 0.6 is 11.8 Å². The van der Waals surface area contributed by atoms with Gasteiger partial charge in [0.15, 0.2) is 0 Å². The lowest BCUT2D eigenvalue weighted by Crippen LogP contribution is -2.25. The average molecular weight is 260 g/mol. The highest BCUT2D eigenvalue weighted by molar-refractivity contribution is 7.98. The molecule has 0 heterocycles. The summed E-state index contributed by atoms with van der Waals surface area (Å²) in [5, 5.41) is 0. The molecule has 6 heteroatoms. The van der Waals surface area contributed by atoms with Gasteiger partial charge < -0.3 is 5.73 Å². The van der Waals surface area contributed by atoms with E-state index in [1.54, 1.807) is 23.9 Å². The van der Waals surface area contributed by atoms with E-state index in [2.05, 4.69) is 4.72 Å². The SMILES string of the molecule is CSCCCNS(=O)(=O)c1cccc(N)c1. The predicted octanol–water partition coefficient (Wildman–Crippen LogP) is 1.30. The first-order valence-electron chi connectivity index (χ1n) is 4.90. The molecule has 0 aromatic heterocycles. The maximum Gasteiger partial charge on any atom is 0.240 e. The summed E-state index contributed by atoms with van der Waals surface area (Å²) in [6, 6.07) is 6.28. The monoisotopic (exact) mass is 260 g/mol. The Balaban J connectivity index is 2.64. The van der Waals surface area contributed by atoms with Crippen molar-refractivity contribution in [3.05, 3.63) is 24.3 Å². The lowest BCUT2D eigenvalue weighted by Gasteiger charge is -2.06. The van der Waals surface area contributed by atoms with Crippen LogP contribution in [0.4, 0.5) is 5.69 Å². The van der Waals surface area contributed by atoms with Crippen molar-refractivity contribution in [2.24, 2.45) is 0 Å². The van der Waals surface area contributed by atoms with Gasteiger partial charge in [-0.1, -0.05) is 6.07 Å². The highest BCUT2D eigenvalue weighted by atomic mass is 32.2. The summed E-state index contributed by atoms with van der Waals surface area (Å²) in [6.45, 7) is 0.456. The lowest BCUT2D eigenvalue weighted by atomic mass is 10.3. The minimum atomic E-state index is -3.40. The number of rotatable bonds is 6. The molecule has 0 fully saturated rings. The van der Waals surface area contributed by atoms with Crippen LogP contribution in [0.1, 0.15) is 6.42 Å². The summed E-state index contributed by atoms with van der Waals surface area (Å²) in [4.78, 5) is 0.219. The molecular weight excluding hydrogens is 244 g/mol. The molecule has 3 N–H and O–H groups in total. The zero-order valence-electron chi connectivity index (χ0n) is 9.14. The second kappa shape index (κ2) is 6.12. The Labute approximate surface area is 101 Å². The molecule has 0 amide bonds. The molecule has 4 nitrogen and oxygen atoms in total. The second-order valence-corrected chi connectivity index (χ2v) is 6.07. The number of sulfonamides is 1. The van der Waals surface area contributed by atoms with E-state index in [-0.39, 0.29) is 4.90 Å². The van der Waals surface area contributed by atoms with Crippen molar-refractivity contribution >= 4 is 27.5 Å². The van der Waals surface area contributed by atoms with E-state index in [1.165, 1.54) is 12.1 Å². The zero-order valence-corrected chi connectivity index (χ0v) is 10.8. The Morgan fingerprint density at radius 2 is 2.19 bits per heavy atom. The van der Waals surface area contributed by atoms with E-state index in [9.17, 15) is 8.42 Å². The number of nitrogens with one attached hydrogen (secondary N) is 1. The Kier molecular flexibility index (Phi) is 5.11. The van der Waals surface area contributed by atoms with Gasteiger partial charge in [0, 0.05) is 12.2 Å². The van der Waals surface area contributed by atoms with Gasteiger partial charge in [-0.25, -0.2) is 13.1 Å². The minimum absolute atomic E-state index is 0.219. The predicted molar refractivity (Wildman–Crippen MR) is 69.0 cm³/mol. The number of hydrogen-bond acceptors (Lipinski definition) is 4. The van der Waals surface area contributed by atoms with Gasteiger partial charge in [-0.2, -0.15) is 11.8 Å². The van der Waals surface area contributed by atoms with E-state index in [1.807, 2.05) is 6.26 Å². The number of nitrogens with two attached hydrogens (primary N) is 1. The molecular formula is C10H16N2O2S2. The van der Waals surface area contributed by atoms with Crippen molar-refractivity contribution in [3.63, 3.8) is 0 Å². The number of thioether (sulfide) groups is 1.